The molecule has 1 heterocycles. The Morgan fingerprint density at radius 3 is 2.61 bits per heavy atom. The Balaban J connectivity index is 1.57. The Bertz CT molecular complexity index is 1060. The van der Waals surface area contributed by atoms with Gasteiger partial charge in [0.05, 0.1) is 12.5 Å². The number of pyridine rings is 1. The number of halogens is 1. The summed E-state index contributed by atoms with van der Waals surface area (Å²) in [6.07, 6.45) is 4.40. The van der Waals surface area contributed by atoms with E-state index in [4.69, 9.17) is 4.74 Å². The minimum absolute atomic E-state index is 0.0166. The zero-order chi connectivity index (χ0) is 23.2. The third kappa shape index (κ3) is 5.24. The highest BCUT2D eigenvalue weighted by atomic mass is 19.1. The fraction of sp³-hybridized carbons (Fsp3) is 0.357. The molecule has 0 aliphatic heterocycles. The van der Waals surface area contributed by atoms with Crippen LogP contribution in [0.25, 0.3) is 0 Å². The number of rotatable bonds is 9. The van der Waals surface area contributed by atoms with Gasteiger partial charge in [0.1, 0.15) is 12.4 Å². The molecule has 0 bridgehead atoms. The van der Waals surface area contributed by atoms with Gasteiger partial charge < -0.3 is 9.64 Å². The number of aromatic nitrogens is 1. The molecule has 4 nitrogen and oxygen atoms in total. The first-order valence-corrected chi connectivity index (χ1v) is 11.8. The van der Waals surface area contributed by atoms with Crippen LogP contribution >= 0.6 is 0 Å². The Hall–Kier alpha value is -3.21. The highest BCUT2D eigenvalue weighted by Gasteiger charge is 2.35. The van der Waals surface area contributed by atoms with Gasteiger partial charge in [0.15, 0.2) is 0 Å². The zero-order valence-electron chi connectivity index (χ0n) is 19.3. The lowest BCUT2D eigenvalue weighted by molar-refractivity contribution is -0.136. The topological polar surface area (TPSA) is 42.4 Å². The Labute approximate surface area is 195 Å². The van der Waals surface area contributed by atoms with Gasteiger partial charge in [-0.15, -0.1) is 0 Å². The van der Waals surface area contributed by atoms with E-state index >= 15 is 0 Å². The molecule has 5 heteroatoms. The Morgan fingerprint density at radius 2 is 1.88 bits per heavy atom. The second-order valence-electron chi connectivity index (χ2n) is 8.65. The molecule has 3 atom stereocenters. The number of benzene rings is 2. The predicted octanol–water partition coefficient (Wildman–Crippen LogP) is 5.74. The van der Waals surface area contributed by atoms with E-state index in [1.54, 1.807) is 18.3 Å². The molecule has 33 heavy (non-hydrogen) atoms. The molecule has 0 saturated heterocycles. The van der Waals surface area contributed by atoms with Crippen LogP contribution in [0.4, 0.5) is 4.39 Å². The second kappa shape index (κ2) is 10.6. The van der Waals surface area contributed by atoms with Crippen molar-refractivity contribution in [1.29, 1.82) is 0 Å². The maximum Gasteiger partial charge on any atom is 0.230 e. The van der Waals surface area contributed by atoms with E-state index in [-0.39, 0.29) is 29.6 Å². The normalized spacial score (nSPS) is 16.6. The smallest absolute Gasteiger partial charge is 0.230 e. The molecule has 1 aliphatic rings. The van der Waals surface area contributed by atoms with Gasteiger partial charge >= 0.3 is 0 Å². The van der Waals surface area contributed by atoms with E-state index in [2.05, 4.69) is 36.2 Å². The molecule has 1 aliphatic carbocycles. The summed E-state index contributed by atoms with van der Waals surface area (Å²) >= 11 is 0. The summed E-state index contributed by atoms with van der Waals surface area (Å²) in [5.41, 5.74) is 3.55. The van der Waals surface area contributed by atoms with Gasteiger partial charge in [0.2, 0.25) is 11.8 Å². The van der Waals surface area contributed by atoms with Crippen LogP contribution in [-0.2, 0) is 11.2 Å². The fourth-order valence-electron chi connectivity index (χ4n) is 4.95. The van der Waals surface area contributed by atoms with Crippen LogP contribution in [0, 0.1) is 5.82 Å². The maximum atomic E-state index is 13.9. The number of fused-ring (bicyclic) bond motifs is 1. The lowest BCUT2D eigenvalue weighted by Gasteiger charge is -2.36. The summed E-state index contributed by atoms with van der Waals surface area (Å²) in [6, 6.07) is 20.4. The van der Waals surface area contributed by atoms with Crippen LogP contribution in [0.5, 0.6) is 5.88 Å². The predicted molar refractivity (Wildman–Crippen MR) is 128 cm³/mol. The van der Waals surface area contributed by atoms with Gasteiger partial charge in [-0.3, -0.25) is 4.79 Å². The van der Waals surface area contributed by atoms with Crippen molar-refractivity contribution in [2.75, 3.05) is 13.2 Å². The maximum absolute atomic E-state index is 13.9. The fourth-order valence-corrected chi connectivity index (χ4v) is 4.95. The average Bonchev–Trinajstić information content (AvgIpc) is 3.28. The molecule has 0 saturated carbocycles. The van der Waals surface area contributed by atoms with Crippen LogP contribution < -0.4 is 4.74 Å². The van der Waals surface area contributed by atoms with Gasteiger partial charge in [-0.05, 0) is 61.1 Å². The summed E-state index contributed by atoms with van der Waals surface area (Å²) in [6.45, 7) is 4.97. The lowest BCUT2D eigenvalue weighted by atomic mass is 9.90. The van der Waals surface area contributed by atoms with Crippen LogP contribution in [0.2, 0.25) is 0 Å². The number of nitrogens with zero attached hydrogens (tertiary/aromatic N) is 2. The van der Waals surface area contributed by atoms with Crippen LogP contribution in [0.15, 0.2) is 72.9 Å². The van der Waals surface area contributed by atoms with Gasteiger partial charge in [0.25, 0.3) is 0 Å². The SMILES string of the molecule is CCC(C(=O)N(CCOc1ccccn1)C(C)C1CCc2ccccc21)c1ccc(F)cc1. The number of ether oxygens (including phenoxy) is 1. The summed E-state index contributed by atoms with van der Waals surface area (Å²) in [4.78, 5) is 20.1. The van der Waals surface area contributed by atoms with Gasteiger partial charge in [-0.25, -0.2) is 9.37 Å². The van der Waals surface area contributed by atoms with Crippen molar-refractivity contribution in [3.05, 3.63) is 95.4 Å². The highest BCUT2D eigenvalue weighted by molar-refractivity contribution is 5.84. The Morgan fingerprint density at radius 1 is 1.12 bits per heavy atom. The quantitative estimate of drug-likeness (QED) is 0.421. The standard InChI is InChI=1S/C28H31FN2O2/c1-3-24(22-11-14-23(29)15-12-22)28(32)31(18-19-33-27-10-6-7-17-30-27)20(2)25-16-13-21-8-4-5-9-26(21)25/h4-12,14-15,17,20,24-25H,3,13,16,18-19H2,1-2H3. The van der Waals surface area contributed by atoms with Crippen molar-refractivity contribution < 1.29 is 13.9 Å². The van der Waals surface area contributed by atoms with Crippen LogP contribution in [0.1, 0.15) is 55.2 Å². The minimum Gasteiger partial charge on any atom is -0.476 e. The van der Waals surface area contributed by atoms with Crippen molar-refractivity contribution in [3.8, 4) is 5.88 Å². The van der Waals surface area contributed by atoms with E-state index in [0.717, 1.165) is 18.4 Å². The summed E-state index contributed by atoms with van der Waals surface area (Å²) in [5.74, 6) is 0.280. The van der Waals surface area contributed by atoms with Crippen molar-refractivity contribution >= 4 is 5.91 Å². The zero-order valence-corrected chi connectivity index (χ0v) is 19.3. The molecular formula is C28H31FN2O2. The molecular weight excluding hydrogens is 415 g/mol. The highest BCUT2D eigenvalue weighted by Crippen LogP contribution is 2.38. The summed E-state index contributed by atoms with van der Waals surface area (Å²) in [5, 5.41) is 0. The average molecular weight is 447 g/mol. The number of aryl methyl sites for hydroxylation is 1. The molecule has 1 aromatic heterocycles. The molecule has 0 radical (unpaired) electrons. The van der Waals surface area contributed by atoms with Gasteiger partial charge in [-0.1, -0.05) is 49.4 Å². The molecule has 4 rings (SSSR count). The van der Waals surface area contributed by atoms with Crippen LogP contribution in [0.3, 0.4) is 0 Å². The van der Waals surface area contributed by atoms with Gasteiger partial charge in [0, 0.05) is 24.2 Å². The monoisotopic (exact) mass is 446 g/mol. The Kier molecular flexibility index (Phi) is 7.38. The van der Waals surface area contributed by atoms with Crippen molar-refractivity contribution in [1.82, 2.24) is 9.88 Å². The molecule has 0 spiro atoms. The molecule has 2 aromatic carbocycles. The molecule has 172 valence electrons. The number of hydrogen-bond donors (Lipinski definition) is 0. The lowest BCUT2D eigenvalue weighted by Crippen LogP contribution is -2.46. The first kappa shape index (κ1) is 23.0. The van der Waals surface area contributed by atoms with Crippen molar-refractivity contribution in [3.63, 3.8) is 0 Å². The minimum atomic E-state index is -0.320. The van der Waals surface area contributed by atoms with E-state index in [0.29, 0.717) is 25.5 Å². The third-order valence-corrected chi connectivity index (χ3v) is 6.73. The second-order valence-corrected chi connectivity index (χ2v) is 8.65. The van der Waals surface area contributed by atoms with Crippen molar-refractivity contribution in [2.45, 2.75) is 51.0 Å². The molecule has 1 amide bonds. The molecule has 0 fully saturated rings. The molecule has 3 unspecified atom stereocenters. The van der Waals surface area contributed by atoms with Crippen molar-refractivity contribution in [2.24, 2.45) is 0 Å². The number of amides is 1. The largest absolute Gasteiger partial charge is 0.476 e. The van der Waals surface area contributed by atoms with Gasteiger partial charge in [-0.2, -0.15) is 0 Å². The summed E-state index contributed by atoms with van der Waals surface area (Å²) in [7, 11) is 0. The first-order chi connectivity index (χ1) is 16.1. The third-order valence-electron chi connectivity index (χ3n) is 6.73. The number of hydrogen-bond acceptors (Lipinski definition) is 3. The van der Waals surface area contributed by atoms with Crippen LogP contribution in [-0.4, -0.2) is 35.0 Å². The first-order valence-electron chi connectivity index (χ1n) is 11.8. The number of carbonyl (C=O) groups is 1. The summed E-state index contributed by atoms with van der Waals surface area (Å²) < 4.78 is 19.3. The molecule has 3 aromatic rings. The van der Waals surface area contributed by atoms with E-state index in [1.807, 2.05) is 30.0 Å². The number of carbonyl (C=O) groups excluding carboxylic acids is 1. The van der Waals surface area contributed by atoms with E-state index in [9.17, 15) is 9.18 Å². The molecule has 0 N–H and O–H groups in total. The van der Waals surface area contributed by atoms with E-state index < -0.39 is 0 Å². The van der Waals surface area contributed by atoms with E-state index in [1.165, 1.54) is 23.3 Å².